The van der Waals surface area contributed by atoms with Gasteiger partial charge in [0.1, 0.15) is 5.69 Å². The molecule has 0 aliphatic heterocycles. The summed E-state index contributed by atoms with van der Waals surface area (Å²) in [5, 5.41) is 36.7. The Morgan fingerprint density at radius 2 is 1.56 bits per heavy atom. The number of hydrogen-bond donors (Lipinski definition) is 1. The van der Waals surface area contributed by atoms with E-state index < -0.39 is 26.1 Å². The molecule has 0 aliphatic rings. The summed E-state index contributed by atoms with van der Waals surface area (Å²) in [4.78, 5) is 30.7. The summed E-state index contributed by atoms with van der Waals surface area (Å²) in [6.07, 6.45) is 0. The molecular weight excluding hydrogens is 334 g/mol. The predicted molar refractivity (Wildman–Crippen MR) is 88.7 cm³/mol. The summed E-state index contributed by atoms with van der Waals surface area (Å²) in [5.74, 6) is 0. The number of nitrogens with zero attached hydrogens (tertiary/aromatic N) is 4. The van der Waals surface area contributed by atoms with E-state index in [1.165, 1.54) is 25.1 Å². The number of hydrazone groups is 1. The van der Waals surface area contributed by atoms with E-state index in [4.69, 9.17) is 0 Å². The fourth-order valence-electron chi connectivity index (χ4n) is 2.02. The highest BCUT2D eigenvalue weighted by molar-refractivity contribution is 6.02. The van der Waals surface area contributed by atoms with Crippen LogP contribution in [0.1, 0.15) is 12.5 Å². The molecule has 0 atom stereocenters. The number of para-hydroxylation sites is 1. The van der Waals surface area contributed by atoms with Gasteiger partial charge in [0, 0.05) is 12.1 Å². The number of anilines is 1. The number of nitrogens with one attached hydrogen (secondary N) is 1. The molecule has 0 saturated carbocycles. The van der Waals surface area contributed by atoms with Crippen LogP contribution in [0.25, 0.3) is 0 Å². The summed E-state index contributed by atoms with van der Waals surface area (Å²) in [6.45, 7) is 1.49. The van der Waals surface area contributed by atoms with Crippen LogP contribution in [-0.2, 0) is 0 Å². The Hall–Kier alpha value is -3.89. The molecule has 0 amide bonds. The monoisotopic (exact) mass is 345 g/mol. The highest BCUT2D eigenvalue weighted by Gasteiger charge is 2.20. The first-order chi connectivity index (χ1) is 11.8. The minimum absolute atomic E-state index is 0.0754. The van der Waals surface area contributed by atoms with Crippen molar-refractivity contribution in [3.63, 3.8) is 0 Å². The van der Waals surface area contributed by atoms with Crippen LogP contribution in [-0.4, -0.2) is 20.5 Å². The third-order valence-electron chi connectivity index (χ3n) is 3.22. The number of benzene rings is 2. The first kappa shape index (κ1) is 17.5. The predicted octanol–water partition coefficient (Wildman–Crippen LogP) is 3.25. The second kappa shape index (κ2) is 7.12. The second-order valence-electron chi connectivity index (χ2n) is 4.80. The van der Waals surface area contributed by atoms with Crippen molar-refractivity contribution in [2.24, 2.45) is 5.10 Å². The Balaban J connectivity index is 2.37. The summed E-state index contributed by atoms with van der Waals surface area (Å²) >= 11 is 0. The van der Waals surface area contributed by atoms with Crippen LogP contribution in [0.2, 0.25) is 0 Å². The lowest BCUT2D eigenvalue weighted by molar-refractivity contribution is -0.393. The van der Waals surface area contributed by atoms with E-state index in [0.717, 1.165) is 18.2 Å². The van der Waals surface area contributed by atoms with Crippen LogP contribution in [0.15, 0.2) is 47.6 Å². The molecule has 0 bridgehead atoms. The van der Waals surface area contributed by atoms with Crippen molar-refractivity contribution in [3.8, 4) is 0 Å². The topological polar surface area (TPSA) is 154 Å². The third-order valence-corrected chi connectivity index (χ3v) is 3.22. The van der Waals surface area contributed by atoms with Gasteiger partial charge >= 0.3 is 5.69 Å². The molecule has 0 spiro atoms. The van der Waals surface area contributed by atoms with E-state index in [-0.39, 0.29) is 22.6 Å². The molecule has 11 heteroatoms. The fraction of sp³-hybridized carbons (Fsp3) is 0.0714. The zero-order chi connectivity index (χ0) is 18.6. The first-order valence-electron chi connectivity index (χ1n) is 6.78. The van der Waals surface area contributed by atoms with Crippen LogP contribution in [0.4, 0.5) is 22.7 Å². The Morgan fingerprint density at radius 1 is 0.920 bits per heavy atom. The van der Waals surface area contributed by atoms with Gasteiger partial charge in [-0.05, 0) is 19.1 Å². The normalized spacial score (nSPS) is 11.0. The Kier molecular flexibility index (Phi) is 4.98. The van der Waals surface area contributed by atoms with E-state index in [2.05, 4.69) is 10.5 Å². The van der Waals surface area contributed by atoms with Crippen LogP contribution >= 0.6 is 0 Å². The fourth-order valence-corrected chi connectivity index (χ4v) is 2.02. The molecule has 0 saturated heterocycles. The average Bonchev–Trinajstić information content (AvgIpc) is 2.59. The molecule has 0 aromatic heterocycles. The molecular formula is C14H11N5O6. The van der Waals surface area contributed by atoms with Gasteiger partial charge in [0.05, 0.1) is 32.1 Å². The summed E-state index contributed by atoms with van der Waals surface area (Å²) in [5.41, 5.74) is 1.68. The first-order valence-corrected chi connectivity index (χ1v) is 6.78. The number of non-ortho nitro benzene ring substituents is 1. The molecule has 0 radical (unpaired) electrons. The molecule has 11 nitrogen and oxygen atoms in total. The molecule has 2 aromatic rings. The maximum Gasteiger partial charge on any atom is 0.301 e. The SMILES string of the molecule is C/C(=N\Nc1ccc([N+](=O)[O-])cc1[N+](=O)[O-])c1ccccc1[N+](=O)[O-]. The van der Waals surface area contributed by atoms with Crippen molar-refractivity contribution >= 4 is 28.5 Å². The van der Waals surface area contributed by atoms with Gasteiger partial charge in [0.25, 0.3) is 11.4 Å². The summed E-state index contributed by atoms with van der Waals surface area (Å²) < 4.78 is 0. The lowest BCUT2D eigenvalue weighted by Gasteiger charge is -2.05. The van der Waals surface area contributed by atoms with Gasteiger partial charge in [0.2, 0.25) is 0 Å². The standard InChI is InChI=1S/C14H11N5O6/c1-9(11-4-2-3-5-13(11)18(22)23)15-16-12-7-6-10(17(20)21)8-14(12)19(24)25/h2-8,16H,1H3/b15-9+. The summed E-state index contributed by atoms with van der Waals surface area (Å²) in [6, 6.07) is 8.93. The molecule has 0 fully saturated rings. The Bertz CT molecular complexity index is 895. The minimum Gasteiger partial charge on any atom is -0.271 e. The highest BCUT2D eigenvalue weighted by Crippen LogP contribution is 2.29. The molecule has 2 rings (SSSR count). The van der Waals surface area contributed by atoms with Gasteiger partial charge in [-0.25, -0.2) is 0 Å². The van der Waals surface area contributed by atoms with Gasteiger partial charge in [-0.2, -0.15) is 5.10 Å². The summed E-state index contributed by atoms with van der Waals surface area (Å²) in [7, 11) is 0. The van der Waals surface area contributed by atoms with Gasteiger partial charge < -0.3 is 0 Å². The molecule has 0 aliphatic carbocycles. The third kappa shape index (κ3) is 3.90. The Morgan fingerprint density at radius 3 is 2.16 bits per heavy atom. The second-order valence-corrected chi connectivity index (χ2v) is 4.80. The van der Waals surface area contributed by atoms with E-state index in [1.807, 2.05) is 0 Å². The van der Waals surface area contributed by atoms with Gasteiger partial charge in [0.15, 0.2) is 0 Å². The lowest BCUT2D eigenvalue weighted by Crippen LogP contribution is -2.05. The number of nitro benzene ring substituents is 3. The number of rotatable bonds is 6. The maximum absolute atomic E-state index is 11.1. The van der Waals surface area contributed by atoms with E-state index in [9.17, 15) is 30.3 Å². The van der Waals surface area contributed by atoms with Crippen LogP contribution in [0, 0.1) is 30.3 Å². The van der Waals surface area contributed by atoms with Crippen molar-refractivity contribution in [3.05, 3.63) is 78.4 Å². The van der Waals surface area contributed by atoms with Gasteiger partial charge in [-0.1, -0.05) is 12.1 Å². The van der Waals surface area contributed by atoms with Crippen LogP contribution < -0.4 is 5.43 Å². The molecule has 0 heterocycles. The number of nitro groups is 3. The van der Waals surface area contributed by atoms with Gasteiger partial charge in [-0.3, -0.25) is 35.8 Å². The van der Waals surface area contributed by atoms with E-state index in [1.54, 1.807) is 6.07 Å². The maximum atomic E-state index is 11.1. The van der Waals surface area contributed by atoms with Crippen LogP contribution in [0.5, 0.6) is 0 Å². The van der Waals surface area contributed by atoms with Crippen molar-refractivity contribution in [1.29, 1.82) is 0 Å². The van der Waals surface area contributed by atoms with Gasteiger partial charge in [-0.15, -0.1) is 0 Å². The van der Waals surface area contributed by atoms with Crippen molar-refractivity contribution in [2.75, 3.05) is 5.43 Å². The van der Waals surface area contributed by atoms with E-state index >= 15 is 0 Å². The quantitative estimate of drug-likeness (QED) is 0.478. The minimum atomic E-state index is -0.787. The van der Waals surface area contributed by atoms with Crippen molar-refractivity contribution in [2.45, 2.75) is 6.92 Å². The van der Waals surface area contributed by atoms with Crippen molar-refractivity contribution < 1.29 is 14.8 Å². The average molecular weight is 345 g/mol. The molecule has 2 aromatic carbocycles. The molecule has 1 N–H and O–H groups in total. The zero-order valence-electron chi connectivity index (χ0n) is 12.8. The zero-order valence-corrected chi connectivity index (χ0v) is 12.8. The Labute approximate surface area is 140 Å². The molecule has 25 heavy (non-hydrogen) atoms. The van der Waals surface area contributed by atoms with E-state index in [0.29, 0.717) is 0 Å². The largest absolute Gasteiger partial charge is 0.301 e. The molecule has 128 valence electrons. The van der Waals surface area contributed by atoms with Crippen LogP contribution in [0.3, 0.4) is 0 Å². The number of hydrogen-bond acceptors (Lipinski definition) is 8. The van der Waals surface area contributed by atoms with Crippen molar-refractivity contribution in [1.82, 2.24) is 0 Å². The molecule has 0 unspecified atom stereocenters. The lowest BCUT2D eigenvalue weighted by atomic mass is 10.1. The highest BCUT2D eigenvalue weighted by atomic mass is 16.6. The smallest absolute Gasteiger partial charge is 0.271 e.